The number of carbonyl (C=O) groups is 2. The van der Waals surface area contributed by atoms with E-state index in [1.165, 1.54) is 21.0 Å². The number of ether oxygens (including phenoxy) is 3. The number of carbonyl (C=O) groups excluding carboxylic acids is 2. The number of phenols is 1. The van der Waals surface area contributed by atoms with E-state index >= 15 is 0 Å². The lowest BCUT2D eigenvalue weighted by Crippen LogP contribution is -2.34. The van der Waals surface area contributed by atoms with Gasteiger partial charge in [0, 0.05) is 38.8 Å². The highest BCUT2D eigenvalue weighted by Gasteiger charge is 2.22. The number of hydrogen-bond acceptors (Lipinski definition) is 9. The van der Waals surface area contributed by atoms with Crippen LogP contribution in [0.5, 0.6) is 11.5 Å². The smallest absolute Gasteiger partial charge is 0.302 e. The molecule has 1 heterocycles. The van der Waals surface area contributed by atoms with E-state index in [1.807, 2.05) is 25.3 Å². The molecule has 1 aromatic carbocycles. The van der Waals surface area contributed by atoms with Gasteiger partial charge in [-0.3, -0.25) is 9.59 Å². The highest BCUT2D eigenvalue weighted by molar-refractivity contribution is 5.66. The minimum atomic E-state index is -0.391. The molecule has 1 aliphatic rings. The quantitative estimate of drug-likeness (QED) is 0.135. The number of methoxy groups -OCH3 is 1. The molecule has 212 valence electrons. The fourth-order valence-electron chi connectivity index (χ4n) is 4.55. The summed E-state index contributed by atoms with van der Waals surface area (Å²) < 4.78 is 16.6. The van der Waals surface area contributed by atoms with Gasteiger partial charge in [0.2, 0.25) is 0 Å². The molecule has 2 atom stereocenters. The van der Waals surface area contributed by atoms with Crippen molar-refractivity contribution < 1.29 is 28.9 Å². The Morgan fingerprint density at radius 1 is 1.11 bits per heavy atom. The first-order valence-corrected chi connectivity index (χ1v) is 13.5. The van der Waals surface area contributed by atoms with Gasteiger partial charge < -0.3 is 35.3 Å². The topological polar surface area (TPSA) is 118 Å². The van der Waals surface area contributed by atoms with Crippen molar-refractivity contribution in [1.82, 2.24) is 16.0 Å². The van der Waals surface area contributed by atoms with Crippen LogP contribution in [-0.4, -0.2) is 56.6 Å². The van der Waals surface area contributed by atoms with Gasteiger partial charge in [-0.2, -0.15) is 0 Å². The number of dihydropyridines is 1. The summed E-state index contributed by atoms with van der Waals surface area (Å²) in [5, 5.41) is 20.4. The number of phenolic OH excluding ortho intramolecular Hbond substituents is 1. The zero-order valence-corrected chi connectivity index (χ0v) is 23.5. The van der Waals surface area contributed by atoms with Gasteiger partial charge >= 0.3 is 11.9 Å². The Hall–Kier alpha value is -3.20. The highest BCUT2D eigenvalue weighted by Crippen LogP contribution is 2.34. The van der Waals surface area contributed by atoms with E-state index in [2.05, 4.69) is 29.0 Å². The molecule has 2 rings (SSSR count). The second kappa shape index (κ2) is 16.6. The summed E-state index contributed by atoms with van der Waals surface area (Å²) in [5.41, 5.74) is 2.80. The predicted molar refractivity (Wildman–Crippen MR) is 148 cm³/mol. The normalized spacial score (nSPS) is 14.4. The first kappa shape index (κ1) is 31.0. The van der Waals surface area contributed by atoms with Crippen LogP contribution in [-0.2, 0) is 31.9 Å². The van der Waals surface area contributed by atoms with Crippen molar-refractivity contribution in [2.45, 2.75) is 84.3 Å². The van der Waals surface area contributed by atoms with Gasteiger partial charge in [-0.25, -0.2) is 0 Å². The Morgan fingerprint density at radius 3 is 2.45 bits per heavy atom. The predicted octanol–water partition coefficient (Wildman–Crippen LogP) is 3.85. The Bertz CT molecular complexity index is 975. The molecule has 4 N–H and O–H groups in total. The van der Waals surface area contributed by atoms with Gasteiger partial charge in [0.15, 0.2) is 11.5 Å². The lowest BCUT2D eigenvalue weighted by Gasteiger charge is -2.24. The van der Waals surface area contributed by atoms with Crippen LogP contribution in [0.3, 0.4) is 0 Å². The number of allylic oxidation sites excluding steroid dienone is 2. The summed E-state index contributed by atoms with van der Waals surface area (Å²) in [6.45, 7) is 6.26. The monoisotopic (exact) mass is 531 g/mol. The fraction of sp³-hybridized carbons (Fsp3) is 0.586. The van der Waals surface area contributed by atoms with E-state index in [0.717, 1.165) is 48.2 Å². The van der Waals surface area contributed by atoms with Crippen LogP contribution in [0.15, 0.2) is 35.7 Å². The molecule has 2 unspecified atom stereocenters. The van der Waals surface area contributed by atoms with E-state index in [4.69, 9.17) is 14.2 Å². The number of nitrogens with one attached hydrogen (secondary N) is 3. The van der Waals surface area contributed by atoms with E-state index in [-0.39, 0.29) is 23.8 Å². The lowest BCUT2D eigenvalue weighted by atomic mass is 9.95. The zero-order valence-electron chi connectivity index (χ0n) is 23.5. The molecule has 0 bridgehead atoms. The average molecular weight is 532 g/mol. The van der Waals surface area contributed by atoms with Crippen LogP contribution in [0.2, 0.25) is 0 Å². The number of esters is 2. The molecule has 0 aromatic heterocycles. The van der Waals surface area contributed by atoms with Crippen LogP contribution in [0.25, 0.3) is 0 Å². The third kappa shape index (κ3) is 11.0. The second-order valence-corrected chi connectivity index (χ2v) is 9.64. The van der Waals surface area contributed by atoms with Crippen LogP contribution in [0.4, 0.5) is 0 Å². The minimum Gasteiger partial charge on any atom is -0.504 e. The first-order valence-electron chi connectivity index (χ1n) is 13.5. The van der Waals surface area contributed by atoms with Gasteiger partial charge in [-0.15, -0.1) is 0 Å². The van der Waals surface area contributed by atoms with Gasteiger partial charge in [0.1, 0.15) is 18.0 Å². The molecule has 0 radical (unpaired) electrons. The van der Waals surface area contributed by atoms with E-state index in [9.17, 15) is 14.7 Å². The molecule has 1 aliphatic heterocycles. The molecule has 9 heteroatoms. The number of rotatable bonds is 17. The van der Waals surface area contributed by atoms with Gasteiger partial charge in [-0.1, -0.05) is 31.9 Å². The average Bonchev–Trinajstić information content (AvgIpc) is 2.87. The standard InChI is InChI=1S/C29H45N3O6/c1-6-7-8-9-25(37-20(2)33)18-26(38-21(3)34)11-10-22-14-24(29(35)27(16-22)36-5)15-23-12-13-31-28(17-23)32-19-30-4/h12,14,16-17,25-26,30-32,35H,6-11,13,15,18-19H2,1-5H3. The Labute approximate surface area is 227 Å². The Balaban J connectivity index is 2.16. The summed E-state index contributed by atoms with van der Waals surface area (Å²) in [5.74, 6) is 0.764. The van der Waals surface area contributed by atoms with Crippen molar-refractivity contribution in [3.8, 4) is 11.5 Å². The maximum atomic E-state index is 11.8. The molecular formula is C29H45N3O6. The third-order valence-electron chi connectivity index (χ3n) is 6.35. The molecule has 38 heavy (non-hydrogen) atoms. The number of aromatic hydroxyl groups is 1. The number of unbranched alkanes of at least 4 members (excludes halogenated alkanes) is 2. The summed E-state index contributed by atoms with van der Waals surface area (Å²) >= 11 is 0. The molecule has 0 saturated carbocycles. The lowest BCUT2D eigenvalue weighted by molar-refractivity contribution is -0.153. The van der Waals surface area contributed by atoms with Crippen LogP contribution in [0.1, 0.15) is 70.4 Å². The van der Waals surface area contributed by atoms with Crippen molar-refractivity contribution in [1.29, 1.82) is 0 Å². The van der Waals surface area contributed by atoms with E-state index in [0.29, 0.717) is 44.6 Å². The Morgan fingerprint density at radius 2 is 1.82 bits per heavy atom. The van der Waals surface area contributed by atoms with Gasteiger partial charge in [0.25, 0.3) is 0 Å². The summed E-state index contributed by atoms with van der Waals surface area (Å²) in [6, 6.07) is 3.80. The molecule has 0 amide bonds. The number of benzene rings is 1. The van der Waals surface area contributed by atoms with Crippen molar-refractivity contribution in [2.24, 2.45) is 0 Å². The fourth-order valence-corrected chi connectivity index (χ4v) is 4.55. The largest absolute Gasteiger partial charge is 0.504 e. The van der Waals surface area contributed by atoms with Crippen molar-refractivity contribution in [2.75, 3.05) is 27.4 Å². The van der Waals surface area contributed by atoms with Gasteiger partial charge in [-0.05, 0) is 56.0 Å². The van der Waals surface area contributed by atoms with Crippen molar-refractivity contribution >= 4 is 11.9 Å². The van der Waals surface area contributed by atoms with E-state index < -0.39 is 6.10 Å². The van der Waals surface area contributed by atoms with Gasteiger partial charge in [0.05, 0.1) is 13.8 Å². The number of hydrogen-bond donors (Lipinski definition) is 4. The third-order valence-corrected chi connectivity index (χ3v) is 6.35. The van der Waals surface area contributed by atoms with Crippen LogP contribution >= 0.6 is 0 Å². The zero-order chi connectivity index (χ0) is 27.9. The molecule has 1 aromatic rings. The SMILES string of the molecule is CCCCCC(CC(CCc1cc(CC2=CCNC(NCNC)=C2)c(O)c(OC)c1)OC(C)=O)OC(C)=O. The Kier molecular flexibility index (Phi) is 13.6. The maximum absolute atomic E-state index is 11.8. The molecule has 0 fully saturated rings. The molecule has 0 spiro atoms. The molecule has 0 saturated heterocycles. The van der Waals surface area contributed by atoms with Crippen LogP contribution in [0, 0.1) is 0 Å². The molecular weight excluding hydrogens is 486 g/mol. The summed E-state index contributed by atoms with van der Waals surface area (Å²) in [7, 11) is 3.41. The summed E-state index contributed by atoms with van der Waals surface area (Å²) in [4.78, 5) is 23.5. The second-order valence-electron chi connectivity index (χ2n) is 9.64. The first-order chi connectivity index (χ1) is 18.2. The van der Waals surface area contributed by atoms with Crippen LogP contribution < -0.4 is 20.7 Å². The number of aryl methyl sites for hydroxylation is 1. The highest BCUT2D eigenvalue weighted by atomic mass is 16.6. The molecule has 9 nitrogen and oxygen atoms in total. The van der Waals surface area contributed by atoms with Crippen molar-refractivity contribution in [3.05, 3.63) is 46.8 Å². The van der Waals surface area contributed by atoms with E-state index in [1.54, 1.807) is 0 Å². The van der Waals surface area contributed by atoms with Crippen molar-refractivity contribution in [3.63, 3.8) is 0 Å². The maximum Gasteiger partial charge on any atom is 0.302 e. The summed E-state index contributed by atoms with van der Waals surface area (Å²) in [6.07, 6.45) is 9.42. The molecule has 0 aliphatic carbocycles. The minimum absolute atomic E-state index is 0.121.